The second-order valence-corrected chi connectivity index (χ2v) is 6.18. The smallest absolute Gasteiger partial charge is 0.250 e. The number of rotatable bonds is 2. The number of halogens is 1. The van der Waals surface area contributed by atoms with Gasteiger partial charge in [-0.05, 0) is 51.3 Å². The first-order valence-corrected chi connectivity index (χ1v) is 7.89. The van der Waals surface area contributed by atoms with Crippen molar-refractivity contribution in [1.29, 1.82) is 0 Å². The molecule has 112 valence electrons. The molecule has 4 rings (SSSR count). The Morgan fingerprint density at radius 3 is 2.83 bits per heavy atom. The Morgan fingerprint density at radius 2 is 2.00 bits per heavy atom. The van der Waals surface area contributed by atoms with Crippen molar-refractivity contribution in [3.63, 3.8) is 0 Å². The van der Waals surface area contributed by atoms with Gasteiger partial charge in [-0.25, -0.2) is 0 Å². The quantitative estimate of drug-likeness (QED) is 0.557. The number of carbonyl (C=O) groups excluding carboxylic acids is 1. The molecule has 2 aromatic heterocycles. The van der Waals surface area contributed by atoms with Crippen molar-refractivity contribution in [3.8, 4) is 11.1 Å². The Hall–Kier alpha value is -2.66. The summed E-state index contributed by atoms with van der Waals surface area (Å²) in [6.45, 7) is 0. The molecule has 3 N–H and O–H groups in total. The van der Waals surface area contributed by atoms with E-state index in [2.05, 4.69) is 25.9 Å². The highest BCUT2D eigenvalue weighted by molar-refractivity contribution is 9.10. The van der Waals surface area contributed by atoms with Gasteiger partial charge in [0.2, 0.25) is 0 Å². The van der Waals surface area contributed by atoms with Crippen LogP contribution in [0.15, 0.2) is 59.3 Å². The van der Waals surface area contributed by atoms with Crippen LogP contribution in [-0.4, -0.2) is 15.9 Å². The van der Waals surface area contributed by atoms with Gasteiger partial charge in [0.1, 0.15) is 0 Å². The zero-order valence-corrected chi connectivity index (χ0v) is 13.6. The van der Waals surface area contributed by atoms with E-state index in [9.17, 15) is 4.79 Å². The SMILES string of the molecule is NC(=O)c1cc(-c2cccc3ncccc23)cc2c(Br)c[nH]c12. The van der Waals surface area contributed by atoms with Crippen LogP contribution in [0.25, 0.3) is 32.9 Å². The third-order valence-electron chi connectivity index (χ3n) is 3.96. The van der Waals surface area contributed by atoms with Crippen LogP contribution in [0.4, 0.5) is 0 Å². The Balaban J connectivity index is 2.08. The van der Waals surface area contributed by atoms with Gasteiger partial charge in [-0.1, -0.05) is 18.2 Å². The zero-order valence-electron chi connectivity index (χ0n) is 12.0. The van der Waals surface area contributed by atoms with Crippen LogP contribution in [0, 0.1) is 0 Å². The number of nitrogens with two attached hydrogens (primary N) is 1. The number of benzene rings is 2. The summed E-state index contributed by atoms with van der Waals surface area (Å²) in [4.78, 5) is 19.3. The summed E-state index contributed by atoms with van der Waals surface area (Å²) in [5, 5.41) is 1.97. The lowest BCUT2D eigenvalue weighted by Gasteiger charge is -2.09. The minimum Gasteiger partial charge on any atom is -0.366 e. The monoisotopic (exact) mass is 365 g/mol. The summed E-state index contributed by atoms with van der Waals surface area (Å²) in [7, 11) is 0. The summed E-state index contributed by atoms with van der Waals surface area (Å²) >= 11 is 3.51. The Morgan fingerprint density at radius 1 is 1.13 bits per heavy atom. The van der Waals surface area contributed by atoms with E-state index in [0.717, 1.165) is 37.4 Å². The molecule has 0 radical (unpaired) electrons. The number of fused-ring (bicyclic) bond motifs is 2. The molecule has 0 saturated carbocycles. The van der Waals surface area contributed by atoms with E-state index in [1.807, 2.05) is 48.7 Å². The molecule has 0 atom stereocenters. The highest BCUT2D eigenvalue weighted by Crippen LogP contribution is 2.34. The molecular weight excluding hydrogens is 354 g/mol. The largest absolute Gasteiger partial charge is 0.366 e. The third kappa shape index (κ3) is 2.21. The van der Waals surface area contributed by atoms with Crippen LogP contribution in [0.5, 0.6) is 0 Å². The van der Waals surface area contributed by atoms with Gasteiger partial charge in [0, 0.05) is 27.6 Å². The maximum atomic E-state index is 11.8. The lowest BCUT2D eigenvalue weighted by Crippen LogP contribution is -2.11. The molecule has 4 nitrogen and oxygen atoms in total. The Labute approximate surface area is 140 Å². The van der Waals surface area contributed by atoms with E-state index in [-0.39, 0.29) is 0 Å². The molecule has 0 saturated heterocycles. The van der Waals surface area contributed by atoms with Gasteiger partial charge in [0.25, 0.3) is 5.91 Å². The molecule has 2 heterocycles. The number of hydrogen-bond donors (Lipinski definition) is 2. The minimum atomic E-state index is -0.454. The van der Waals surface area contributed by atoms with Crippen LogP contribution in [0.3, 0.4) is 0 Å². The van der Waals surface area contributed by atoms with Crippen molar-refractivity contribution >= 4 is 43.6 Å². The average molecular weight is 366 g/mol. The normalized spacial score (nSPS) is 11.2. The first-order valence-electron chi connectivity index (χ1n) is 7.09. The molecule has 0 aliphatic rings. The van der Waals surface area contributed by atoms with Crippen molar-refractivity contribution in [1.82, 2.24) is 9.97 Å². The van der Waals surface area contributed by atoms with Crippen molar-refractivity contribution in [2.75, 3.05) is 0 Å². The number of nitrogens with zero attached hydrogens (tertiary/aromatic N) is 1. The average Bonchev–Trinajstić information content (AvgIpc) is 2.94. The predicted octanol–water partition coefficient (Wildman–Crippen LogP) is 4.24. The molecule has 0 aliphatic carbocycles. The van der Waals surface area contributed by atoms with Gasteiger partial charge in [-0.2, -0.15) is 0 Å². The lowest BCUT2D eigenvalue weighted by atomic mass is 9.97. The Kier molecular flexibility index (Phi) is 3.16. The molecule has 0 fully saturated rings. The van der Waals surface area contributed by atoms with Gasteiger partial charge >= 0.3 is 0 Å². The molecule has 4 aromatic rings. The number of aromatic nitrogens is 2. The summed E-state index contributed by atoms with van der Waals surface area (Å²) in [6, 6.07) is 13.8. The lowest BCUT2D eigenvalue weighted by molar-refractivity contribution is 0.100. The molecule has 5 heteroatoms. The fraction of sp³-hybridized carbons (Fsp3) is 0. The standard InChI is InChI=1S/C18H12BrN3O/c19-15-9-22-17-13(15)7-10(8-14(17)18(20)23)11-3-1-5-16-12(11)4-2-6-21-16/h1-9,22H,(H2,20,23). The van der Waals surface area contributed by atoms with Gasteiger partial charge < -0.3 is 10.7 Å². The summed E-state index contributed by atoms with van der Waals surface area (Å²) in [5.41, 5.74) is 9.65. The van der Waals surface area contributed by atoms with Gasteiger partial charge in [-0.15, -0.1) is 0 Å². The first kappa shape index (κ1) is 14.0. The van der Waals surface area contributed by atoms with Gasteiger partial charge in [0.05, 0.1) is 16.6 Å². The van der Waals surface area contributed by atoms with Crippen LogP contribution >= 0.6 is 15.9 Å². The molecule has 0 bridgehead atoms. The van der Waals surface area contributed by atoms with Crippen LogP contribution < -0.4 is 5.73 Å². The van der Waals surface area contributed by atoms with E-state index in [0.29, 0.717) is 5.56 Å². The molecule has 0 unspecified atom stereocenters. The second-order valence-electron chi connectivity index (χ2n) is 5.32. The van der Waals surface area contributed by atoms with Crippen LogP contribution in [0.2, 0.25) is 0 Å². The van der Waals surface area contributed by atoms with Crippen LogP contribution in [0.1, 0.15) is 10.4 Å². The maximum Gasteiger partial charge on any atom is 0.250 e. The predicted molar refractivity (Wildman–Crippen MR) is 95.3 cm³/mol. The van der Waals surface area contributed by atoms with Crippen molar-refractivity contribution < 1.29 is 4.79 Å². The first-order chi connectivity index (χ1) is 11.1. The van der Waals surface area contributed by atoms with E-state index in [1.165, 1.54) is 0 Å². The summed E-state index contributed by atoms with van der Waals surface area (Å²) in [6.07, 6.45) is 3.58. The molecule has 0 spiro atoms. The van der Waals surface area contributed by atoms with E-state index in [1.54, 1.807) is 6.20 Å². The number of amides is 1. The van der Waals surface area contributed by atoms with Gasteiger partial charge in [0.15, 0.2) is 0 Å². The minimum absolute atomic E-state index is 0.454. The van der Waals surface area contributed by atoms with Crippen molar-refractivity contribution in [2.24, 2.45) is 5.73 Å². The fourth-order valence-electron chi connectivity index (χ4n) is 2.90. The fourth-order valence-corrected chi connectivity index (χ4v) is 3.33. The van der Waals surface area contributed by atoms with E-state index >= 15 is 0 Å². The maximum absolute atomic E-state index is 11.8. The number of primary amides is 1. The van der Waals surface area contributed by atoms with Crippen molar-refractivity contribution in [2.45, 2.75) is 0 Å². The zero-order chi connectivity index (χ0) is 16.0. The number of pyridine rings is 1. The second kappa shape index (κ2) is 5.21. The molecule has 0 aliphatic heterocycles. The highest BCUT2D eigenvalue weighted by atomic mass is 79.9. The number of carbonyl (C=O) groups is 1. The van der Waals surface area contributed by atoms with Crippen LogP contribution in [-0.2, 0) is 0 Å². The number of nitrogens with one attached hydrogen (secondary N) is 1. The van der Waals surface area contributed by atoms with E-state index < -0.39 is 5.91 Å². The Bertz CT molecular complexity index is 1060. The molecule has 23 heavy (non-hydrogen) atoms. The summed E-state index contributed by atoms with van der Waals surface area (Å²) in [5.74, 6) is -0.454. The molecule has 2 aromatic carbocycles. The molecule has 1 amide bonds. The van der Waals surface area contributed by atoms with Gasteiger partial charge in [-0.3, -0.25) is 9.78 Å². The number of H-pyrrole nitrogens is 1. The van der Waals surface area contributed by atoms with Crippen molar-refractivity contribution in [3.05, 3.63) is 64.9 Å². The highest BCUT2D eigenvalue weighted by Gasteiger charge is 2.14. The van der Waals surface area contributed by atoms with E-state index in [4.69, 9.17) is 5.73 Å². The topological polar surface area (TPSA) is 71.8 Å². The summed E-state index contributed by atoms with van der Waals surface area (Å²) < 4.78 is 0.898. The number of hydrogen-bond acceptors (Lipinski definition) is 2. The number of aromatic amines is 1. The third-order valence-corrected chi connectivity index (χ3v) is 4.62. The molecular formula is C18H12BrN3O.